The molecule has 2 aromatic carbocycles. The molecule has 208 valence electrons. The molecule has 0 radical (unpaired) electrons. The van der Waals surface area contributed by atoms with E-state index in [0.717, 1.165) is 49.1 Å². The Kier molecular flexibility index (Phi) is 8.02. The highest BCUT2D eigenvalue weighted by atomic mass is 16.5. The number of anilines is 2. The Bertz CT molecular complexity index is 1500. The molecule has 3 heterocycles. The van der Waals surface area contributed by atoms with Crippen LogP contribution >= 0.6 is 0 Å². The molecule has 0 aliphatic carbocycles. The highest BCUT2D eigenvalue weighted by Crippen LogP contribution is 2.36. The summed E-state index contributed by atoms with van der Waals surface area (Å²) < 4.78 is 7.82. The molecule has 0 bridgehead atoms. The first-order valence-electron chi connectivity index (χ1n) is 13.7. The Balaban J connectivity index is 1.29. The molecule has 1 fully saturated rings. The highest BCUT2D eigenvalue weighted by molar-refractivity contribution is 6.03. The number of fused-ring (bicyclic) bond motifs is 1. The van der Waals surface area contributed by atoms with Crippen LogP contribution in [0.2, 0.25) is 0 Å². The van der Waals surface area contributed by atoms with Gasteiger partial charge in [0, 0.05) is 50.6 Å². The molecular formula is C31H36N6O3. The average molecular weight is 541 g/mol. The Morgan fingerprint density at radius 1 is 1.05 bits per heavy atom. The van der Waals surface area contributed by atoms with Crippen LogP contribution in [0, 0.1) is 0 Å². The summed E-state index contributed by atoms with van der Waals surface area (Å²) in [6.07, 6.45) is 5.64. The number of nitrogens with one attached hydrogen (secondary N) is 2. The smallest absolute Gasteiger partial charge is 0.325 e. The number of hydrogen-bond donors (Lipinski definition) is 2. The first-order chi connectivity index (χ1) is 19.4. The van der Waals surface area contributed by atoms with Gasteiger partial charge in [-0.1, -0.05) is 19.1 Å². The lowest BCUT2D eigenvalue weighted by molar-refractivity contribution is 0.102. The predicted molar refractivity (Wildman–Crippen MR) is 159 cm³/mol. The zero-order valence-corrected chi connectivity index (χ0v) is 23.5. The molecule has 0 atom stereocenters. The number of benzene rings is 2. The SMILES string of the molecule is CCN1CCC(c2ccc(C(=O)Nc3cc(Oc4cc5ccn(C(=O)NC)c5cc4N(C)C)ccn3)cc2)CC1. The summed E-state index contributed by atoms with van der Waals surface area (Å²) in [5.41, 5.74) is 3.46. The summed E-state index contributed by atoms with van der Waals surface area (Å²) in [4.78, 5) is 34.0. The van der Waals surface area contributed by atoms with Crippen molar-refractivity contribution in [2.24, 2.45) is 0 Å². The van der Waals surface area contributed by atoms with Gasteiger partial charge in [-0.05, 0) is 80.4 Å². The molecule has 1 aliphatic rings. The molecule has 4 aromatic rings. The maximum atomic E-state index is 13.0. The Morgan fingerprint density at radius 2 is 1.80 bits per heavy atom. The molecule has 1 aliphatic heterocycles. The Hall–Kier alpha value is -4.37. The first-order valence-corrected chi connectivity index (χ1v) is 13.7. The summed E-state index contributed by atoms with van der Waals surface area (Å²) >= 11 is 0. The Morgan fingerprint density at radius 3 is 2.48 bits per heavy atom. The molecule has 9 nitrogen and oxygen atoms in total. The summed E-state index contributed by atoms with van der Waals surface area (Å²) in [7, 11) is 5.43. The van der Waals surface area contributed by atoms with E-state index in [0.29, 0.717) is 28.8 Å². The maximum Gasteiger partial charge on any atom is 0.325 e. The molecule has 1 saturated heterocycles. The van der Waals surface area contributed by atoms with Crippen molar-refractivity contribution in [2.75, 3.05) is 51.0 Å². The number of pyridine rings is 1. The van der Waals surface area contributed by atoms with Gasteiger partial charge >= 0.3 is 6.03 Å². The molecule has 0 saturated carbocycles. The van der Waals surface area contributed by atoms with Gasteiger partial charge in [0.2, 0.25) is 0 Å². The summed E-state index contributed by atoms with van der Waals surface area (Å²) in [5.74, 6) is 1.88. The van der Waals surface area contributed by atoms with Crippen LogP contribution in [0.25, 0.3) is 10.9 Å². The fourth-order valence-electron chi connectivity index (χ4n) is 5.23. The van der Waals surface area contributed by atoms with Gasteiger partial charge in [-0.15, -0.1) is 0 Å². The van der Waals surface area contributed by atoms with E-state index in [1.165, 1.54) is 5.56 Å². The largest absolute Gasteiger partial charge is 0.455 e. The van der Waals surface area contributed by atoms with Crippen molar-refractivity contribution in [3.8, 4) is 11.5 Å². The number of carbonyl (C=O) groups is 2. The number of piperidine rings is 1. The van der Waals surface area contributed by atoms with Gasteiger partial charge in [-0.2, -0.15) is 0 Å². The lowest BCUT2D eigenvalue weighted by Crippen LogP contribution is -2.32. The van der Waals surface area contributed by atoms with Gasteiger partial charge < -0.3 is 25.2 Å². The fraction of sp³-hybridized carbons (Fsp3) is 0.323. The molecule has 2 amide bonds. The number of carbonyl (C=O) groups excluding carboxylic acids is 2. The van der Waals surface area contributed by atoms with E-state index < -0.39 is 0 Å². The minimum absolute atomic E-state index is 0.213. The van der Waals surface area contributed by atoms with Gasteiger partial charge in [0.25, 0.3) is 5.91 Å². The van der Waals surface area contributed by atoms with Crippen molar-refractivity contribution in [1.82, 2.24) is 19.8 Å². The average Bonchev–Trinajstić information content (AvgIpc) is 3.39. The van der Waals surface area contributed by atoms with Crippen LogP contribution in [0.5, 0.6) is 11.5 Å². The van der Waals surface area contributed by atoms with Crippen molar-refractivity contribution in [3.05, 3.63) is 78.1 Å². The second-order valence-corrected chi connectivity index (χ2v) is 10.3. The normalized spacial score (nSPS) is 14.2. The molecule has 2 aromatic heterocycles. The number of rotatable bonds is 7. The van der Waals surface area contributed by atoms with Crippen molar-refractivity contribution in [2.45, 2.75) is 25.7 Å². The third-order valence-electron chi connectivity index (χ3n) is 7.57. The van der Waals surface area contributed by atoms with E-state index >= 15 is 0 Å². The van der Waals surface area contributed by atoms with Crippen LogP contribution in [0.1, 0.15) is 41.6 Å². The number of ether oxygens (including phenoxy) is 1. The van der Waals surface area contributed by atoms with Crippen molar-refractivity contribution in [1.29, 1.82) is 0 Å². The second-order valence-electron chi connectivity index (χ2n) is 10.3. The van der Waals surface area contributed by atoms with E-state index in [2.05, 4.69) is 39.6 Å². The van der Waals surface area contributed by atoms with Crippen LogP contribution in [-0.4, -0.2) is 67.2 Å². The van der Waals surface area contributed by atoms with E-state index in [9.17, 15) is 9.59 Å². The summed E-state index contributed by atoms with van der Waals surface area (Å²) in [6, 6.07) is 16.8. The van der Waals surface area contributed by atoms with Gasteiger partial charge in [-0.25, -0.2) is 9.78 Å². The molecule has 5 rings (SSSR count). The molecule has 2 N–H and O–H groups in total. The third kappa shape index (κ3) is 5.79. The molecule has 0 unspecified atom stereocenters. The van der Waals surface area contributed by atoms with Gasteiger partial charge in [0.05, 0.1) is 11.2 Å². The highest BCUT2D eigenvalue weighted by Gasteiger charge is 2.20. The van der Waals surface area contributed by atoms with Crippen molar-refractivity contribution in [3.63, 3.8) is 0 Å². The standard InChI is InChI=1S/C31H36N6O3/c1-5-36-15-11-22(12-16-36)21-6-8-23(9-7-21)30(38)34-29-19-25(10-14-33-29)40-28-18-24-13-17-37(31(39)32-2)26(24)20-27(28)35(3)4/h6-10,13-14,17-20,22H,5,11-12,15-16H2,1-4H3,(H,32,39)(H,33,34,38). The van der Waals surface area contributed by atoms with E-state index in [1.54, 1.807) is 36.1 Å². The quantitative estimate of drug-likeness (QED) is 0.320. The lowest BCUT2D eigenvalue weighted by atomic mass is 9.89. The van der Waals surface area contributed by atoms with Crippen LogP contribution < -0.4 is 20.3 Å². The van der Waals surface area contributed by atoms with Crippen LogP contribution in [-0.2, 0) is 0 Å². The molecule has 9 heteroatoms. The predicted octanol–water partition coefficient (Wildman–Crippen LogP) is 5.53. The van der Waals surface area contributed by atoms with Crippen molar-refractivity contribution < 1.29 is 14.3 Å². The molecular weight excluding hydrogens is 504 g/mol. The van der Waals surface area contributed by atoms with Crippen LogP contribution in [0.4, 0.5) is 16.3 Å². The van der Waals surface area contributed by atoms with Gasteiger partial charge in [-0.3, -0.25) is 9.36 Å². The molecule has 40 heavy (non-hydrogen) atoms. The second kappa shape index (κ2) is 11.8. The van der Waals surface area contributed by atoms with E-state index in [1.807, 2.05) is 49.3 Å². The summed E-state index contributed by atoms with van der Waals surface area (Å²) in [5, 5.41) is 6.41. The maximum absolute atomic E-state index is 13.0. The topological polar surface area (TPSA) is 91.7 Å². The fourth-order valence-corrected chi connectivity index (χ4v) is 5.23. The Labute approximate surface area is 234 Å². The minimum atomic E-state index is -0.219. The number of hydrogen-bond acceptors (Lipinski definition) is 6. The van der Waals surface area contributed by atoms with Crippen molar-refractivity contribution >= 4 is 34.3 Å². The zero-order valence-electron chi connectivity index (χ0n) is 23.5. The number of likely N-dealkylation sites (tertiary alicyclic amines) is 1. The van der Waals surface area contributed by atoms with E-state index in [-0.39, 0.29) is 11.9 Å². The minimum Gasteiger partial charge on any atom is -0.455 e. The number of aromatic nitrogens is 2. The first kappa shape index (κ1) is 27.2. The molecule has 0 spiro atoms. The summed E-state index contributed by atoms with van der Waals surface area (Å²) in [6.45, 7) is 5.56. The number of nitrogens with zero attached hydrogens (tertiary/aromatic N) is 4. The monoisotopic (exact) mass is 540 g/mol. The van der Waals surface area contributed by atoms with Crippen LogP contribution in [0.3, 0.4) is 0 Å². The van der Waals surface area contributed by atoms with E-state index in [4.69, 9.17) is 4.74 Å². The number of amides is 2. The van der Waals surface area contributed by atoms with Gasteiger partial charge in [0.15, 0.2) is 5.75 Å². The van der Waals surface area contributed by atoms with Crippen LogP contribution in [0.15, 0.2) is 67.0 Å². The zero-order chi connectivity index (χ0) is 28.2. The third-order valence-corrected chi connectivity index (χ3v) is 7.57. The lowest BCUT2D eigenvalue weighted by Gasteiger charge is -2.31. The van der Waals surface area contributed by atoms with Gasteiger partial charge in [0.1, 0.15) is 11.6 Å².